The second-order valence-electron chi connectivity index (χ2n) is 7.85. The summed E-state index contributed by atoms with van der Waals surface area (Å²) in [5, 5.41) is 0.560. The van der Waals surface area contributed by atoms with E-state index < -0.39 is 0 Å². The van der Waals surface area contributed by atoms with Crippen molar-refractivity contribution in [1.29, 1.82) is 0 Å². The molecule has 3 aromatic carbocycles. The Morgan fingerprint density at radius 1 is 0.969 bits per heavy atom. The highest BCUT2D eigenvalue weighted by Gasteiger charge is 2.28. The molecule has 0 saturated heterocycles. The largest absolute Gasteiger partial charge is 0.329 e. The molecule has 0 spiro atoms. The molecule has 0 radical (unpaired) electrons. The Kier molecular flexibility index (Phi) is 6.17. The molecule has 1 heterocycles. The molecular formula is C27H27N3O2. The number of nitrogens with zero attached hydrogens (tertiary/aromatic N) is 3. The van der Waals surface area contributed by atoms with Crippen molar-refractivity contribution >= 4 is 16.8 Å². The van der Waals surface area contributed by atoms with Crippen LogP contribution < -0.4 is 5.56 Å². The lowest BCUT2D eigenvalue weighted by atomic mass is 10.1. The molecule has 0 aliphatic carbocycles. The smallest absolute Gasteiger partial charge is 0.266 e. The SMILES string of the molecule is CCC(c1nc2ccccc2c(=O)n1-c1cccc(C)c1)N(CC)C(=O)c1ccccc1. The van der Waals surface area contributed by atoms with Gasteiger partial charge in [-0.2, -0.15) is 0 Å². The second kappa shape index (κ2) is 9.18. The third-order valence-corrected chi connectivity index (χ3v) is 5.74. The lowest BCUT2D eigenvalue weighted by molar-refractivity contribution is 0.0672. The fourth-order valence-corrected chi connectivity index (χ4v) is 4.18. The Balaban J connectivity index is 1.95. The van der Waals surface area contributed by atoms with Crippen LogP contribution >= 0.6 is 0 Å². The number of aromatic nitrogens is 2. The molecule has 5 nitrogen and oxygen atoms in total. The Labute approximate surface area is 188 Å². The first kappa shape index (κ1) is 21.5. The van der Waals surface area contributed by atoms with Crippen molar-refractivity contribution in [2.24, 2.45) is 0 Å². The number of rotatable bonds is 6. The fraction of sp³-hybridized carbons (Fsp3) is 0.222. The number of amides is 1. The van der Waals surface area contributed by atoms with Gasteiger partial charge in [0.05, 0.1) is 22.6 Å². The molecule has 0 N–H and O–H groups in total. The molecule has 0 aliphatic rings. The molecule has 0 bridgehead atoms. The molecule has 5 heteroatoms. The van der Waals surface area contributed by atoms with Crippen LogP contribution in [0.5, 0.6) is 0 Å². The molecule has 1 aromatic heterocycles. The first-order chi connectivity index (χ1) is 15.5. The highest BCUT2D eigenvalue weighted by atomic mass is 16.2. The summed E-state index contributed by atoms with van der Waals surface area (Å²) in [6.45, 7) is 6.48. The van der Waals surface area contributed by atoms with Gasteiger partial charge in [0.2, 0.25) is 0 Å². The van der Waals surface area contributed by atoms with Crippen LogP contribution in [0.3, 0.4) is 0 Å². The highest BCUT2D eigenvalue weighted by molar-refractivity contribution is 5.94. The van der Waals surface area contributed by atoms with Crippen LogP contribution in [0.1, 0.15) is 48.1 Å². The van der Waals surface area contributed by atoms with Gasteiger partial charge in [0.1, 0.15) is 5.82 Å². The maximum Gasteiger partial charge on any atom is 0.266 e. The standard InChI is InChI=1S/C27H27N3O2/c1-4-24(29(5-2)26(31)20-13-7-6-8-14-20)25-28-23-17-10-9-16-22(23)27(32)30(25)21-15-11-12-19(3)18-21/h6-18,24H,4-5H2,1-3H3. The predicted octanol–water partition coefficient (Wildman–Crippen LogP) is 5.31. The predicted molar refractivity (Wildman–Crippen MR) is 128 cm³/mol. The fourth-order valence-electron chi connectivity index (χ4n) is 4.18. The van der Waals surface area contributed by atoms with E-state index in [1.165, 1.54) is 0 Å². The number of para-hydroxylation sites is 1. The van der Waals surface area contributed by atoms with Gasteiger partial charge < -0.3 is 4.90 Å². The maximum atomic E-state index is 13.7. The van der Waals surface area contributed by atoms with E-state index in [0.717, 1.165) is 11.3 Å². The summed E-state index contributed by atoms with van der Waals surface area (Å²) in [5.74, 6) is 0.506. The Morgan fingerprint density at radius 2 is 1.69 bits per heavy atom. The van der Waals surface area contributed by atoms with E-state index in [2.05, 4.69) is 0 Å². The minimum Gasteiger partial charge on any atom is -0.329 e. The summed E-state index contributed by atoms with van der Waals surface area (Å²) in [4.78, 5) is 33.8. The van der Waals surface area contributed by atoms with Crippen LogP contribution in [0.2, 0.25) is 0 Å². The van der Waals surface area contributed by atoms with E-state index in [4.69, 9.17) is 4.98 Å². The summed E-state index contributed by atoms with van der Waals surface area (Å²) in [7, 11) is 0. The molecule has 4 rings (SSSR count). The molecule has 4 aromatic rings. The van der Waals surface area contributed by atoms with Crippen LogP contribution in [0, 0.1) is 6.92 Å². The first-order valence-electron chi connectivity index (χ1n) is 11.0. The van der Waals surface area contributed by atoms with Crippen molar-refractivity contribution in [3.63, 3.8) is 0 Å². The monoisotopic (exact) mass is 425 g/mol. The molecule has 0 saturated carbocycles. The molecule has 32 heavy (non-hydrogen) atoms. The quantitative estimate of drug-likeness (QED) is 0.421. The topological polar surface area (TPSA) is 55.2 Å². The molecule has 1 amide bonds. The third-order valence-electron chi connectivity index (χ3n) is 5.74. The summed E-state index contributed by atoms with van der Waals surface area (Å²) >= 11 is 0. The van der Waals surface area contributed by atoms with Crippen LogP contribution in [-0.2, 0) is 0 Å². The minimum absolute atomic E-state index is 0.0712. The van der Waals surface area contributed by atoms with Gasteiger partial charge in [-0.1, -0.05) is 49.4 Å². The number of carbonyl (C=O) groups excluding carboxylic acids is 1. The van der Waals surface area contributed by atoms with Gasteiger partial charge in [0, 0.05) is 12.1 Å². The zero-order chi connectivity index (χ0) is 22.7. The number of hydrogen-bond donors (Lipinski definition) is 0. The van der Waals surface area contributed by atoms with Crippen molar-refractivity contribution < 1.29 is 4.79 Å². The Morgan fingerprint density at radius 3 is 2.38 bits per heavy atom. The Bertz CT molecular complexity index is 1310. The average Bonchev–Trinajstić information content (AvgIpc) is 2.82. The lowest BCUT2D eigenvalue weighted by Gasteiger charge is -2.31. The van der Waals surface area contributed by atoms with E-state index in [-0.39, 0.29) is 17.5 Å². The molecule has 0 fully saturated rings. The summed E-state index contributed by atoms with van der Waals surface area (Å²) in [5.41, 5.74) is 2.94. The van der Waals surface area contributed by atoms with Crippen molar-refractivity contribution in [2.45, 2.75) is 33.2 Å². The van der Waals surface area contributed by atoms with E-state index in [1.54, 1.807) is 15.5 Å². The van der Waals surface area contributed by atoms with Crippen LogP contribution in [0.4, 0.5) is 0 Å². The van der Waals surface area contributed by atoms with Crippen molar-refractivity contribution in [3.8, 4) is 5.69 Å². The van der Waals surface area contributed by atoms with Gasteiger partial charge in [0.25, 0.3) is 11.5 Å². The van der Waals surface area contributed by atoms with Crippen molar-refractivity contribution in [3.05, 3.63) is 106 Å². The summed E-state index contributed by atoms with van der Waals surface area (Å²) < 4.78 is 1.67. The minimum atomic E-state index is -0.356. The molecule has 1 unspecified atom stereocenters. The number of hydrogen-bond acceptors (Lipinski definition) is 3. The zero-order valence-electron chi connectivity index (χ0n) is 18.7. The van der Waals surface area contributed by atoms with Gasteiger partial charge in [-0.05, 0) is 62.2 Å². The summed E-state index contributed by atoms with van der Waals surface area (Å²) in [6, 6.07) is 24.1. The normalized spacial score (nSPS) is 12.0. The van der Waals surface area contributed by atoms with Crippen LogP contribution in [-0.4, -0.2) is 26.9 Å². The average molecular weight is 426 g/mol. The van der Waals surface area contributed by atoms with Gasteiger partial charge in [0.15, 0.2) is 0 Å². The third kappa shape index (κ3) is 3.94. The van der Waals surface area contributed by atoms with Gasteiger partial charge in [-0.15, -0.1) is 0 Å². The second-order valence-corrected chi connectivity index (χ2v) is 7.85. The summed E-state index contributed by atoms with van der Waals surface area (Å²) in [6.07, 6.45) is 0.628. The van der Waals surface area contributed by atoms with Gasteiger partial charge >= 0.3 is 0 Å². The number of fused-ring (bicyclic) bond motifs is 1. The molecule has 162 valence electrons. The van der Waals surface area contributed by atoms with Gasteiger partial charge in [-0.25, -0.2) is 4.98 Å². The lowest BCUT2D eigenvalue weighted by Crippen LogP contribution is -2.38. The van der Waals surface area contributed by atoms with Crippen LogP contribution in [0.25, 0.3) is 16.6 Å². The number of benzene rings is 3. The maximum absolute atomic E-state index is 13.7. The van der Waals surface area contributed by atoms with Gasteiger partial charge in [-0.3, -0.25) is 14.2 Å². The van der Waals surface area contributed by atoms with E-state index in [9.17, 15) is 9.59 Å². The molecule has 0 aliphatic heterocycles. The number of aryl methyl sites for hydroxylation is 1. The molecule has 1 atom stereocenters. The van der Waals surface area contributed by atoms with Crippen LogP contribution in [0.15, 0.2) is 83.7 Å². The van der Waals surface area contributed by atoms with E-state index in [0.29, 0.717) is 35.3 Å². The molecular weight excluding hydrogens is 398 g/mol. The number of carbonyl (C=O) groups is 1. The Hall–Kier alpha value is -3.73. The van der Waals surface area contributed by atoms with E-state index in [1.807, 2.05) is 93.6 Å². The van der Waals surface area contributed by atoms with Crippen molar-refractivity contribution in [2.75, 3.05) is 6.54 Å². The zero-order valence-corrected chi connectivity index (χ0v) is 18.7. The highest BCUT2D eigenvalue weighted by Crippen LogP contribution is 2.27. The van der Waals surface area contributed by atoms with Crippen molar-refractivity contribution in [1.82, 2.24) is 14.5 Å². The van der Waals surface area contributed by atoms with E-state index >= 15 is 0 Å². The first-order valence-corrected chi connectivity index (χ1v) is 11.0.